The lowest BCUT2D eigenvalue weighted by molar-refractivity contribution is -0.127. The van der Waals surface area contributed by atoms with Crippen LogP contribution in [0.5, 0.6) is 0 Å². The van der Waals surface area contributed by atoms with Crippen molar-refractivity contribution in [3.63, 3.8) is 0 Å². The van der Waals surface area contributed by atoms with Gasteiger partial charge in [0.05, 0.1) is 4.91 Å². The molecule has 1 N–H and O–H groups in total. The van der Waals surface area contributed by atoms with Crippen LogP contribution in [0.15, 0.2) is 53.4 Å². The van der Waals surface area contributed by atoms with E-state index in [-0.39, 0.29) is 6.54 Å². The quantitative estimate of drug-likeness (QED) is 0.831. The molecule has 1 heterocycles. The van der Waals surface area contributed by atoms with Crippen LogP contribution in [0.25, 0.3) is 6.08 Å². The predicted molar refractivity (Wildman–Crippen MR) is 104 cm³/mol. The molecule has 2 aromatic carbocycles. The molecule has 0 bridgehead atoms. The predicted octanol–water partition coefficient (Wildman–Crippen LogP) is 3.98. The highest BCUT2D eigenvalue weighted by atomic mass is 32.2. The third-order valence-corrected chi connectivity index (χ3v) is 4.93. The third-order valence-electron chi connectivity index (χ3n) is 4.02. The number of hydrogen-bond donors (Lipinski definition) is 1. The van der Waals surface area contributed by atoms with Gasteiger partial charge in [-0.05, 0) is 48.4 Å². The molecule has 5 nitrogen and oxygen atoms in total. The van der Waals surface area contributed by atoms with Gasteiger partial charge in [-0.15, -0.1) is 0 Å². The number of anilines is 1. The molecule has 1 saturated heterocycles. The normalized spacial score (nSPS) is 15.6. The van der Waals surface area contributed by atoms with Crippen LogP contribution in [-0.4, -0.2) is 28.5 Å². The minimum atomic E-state index is -0.444. The molecule has 6 heteroatoms. The summed E-state index contributed by atoms with van der Waals surface area (Å²) in [6, 6.07) is 15.0. The molecule has 0 radical (unpaired) electrons. The van der Waals surface area contributed by atoms with Gasteiger partial charge in [0, 0.05) is 5.69 Å². The first-order valence-corrected chi connectivity index (χ1v) is 8.94. The minimum Gasteiger partial charge on any atom is -0.324 e. The molecular weight excluding hydrogens is 348 g/mol. The van der Waals surface area contributed by atoms with Gasteiger partial charge in [0.25, 0.3) is 11.1 Å². The van der Waals surface area contributed by atoms with Crippen molar-refractivity contribution in [1.29, 1.82) is 0 Å². The minimum absolute atomic E-state index is 0.301. The van der Waals surface area contributed by atoms with Crippen molar-refractivity contribution in [3.8, 4) is 0 Å². The number of hydrogen-bond acceptors (Lipinski definition) is 4. The van der Waals surface area contributed by atoms with Crippen LogP contribution in [0, 0.1) is 13.8 Å². The molecule has 0 atom stereocenters. The van der Waals surface area contributed by atoms with Crippen LogP contribution in [0.4, 0.5) is 10.5 Å². The van der Waals surface area contributed by atoms with E-state index in [2.05, 4.69) is 5.32 Å². The Hall–Kier alpha value is -2.86. The van der Waals surface area contributed by atoms with Crippen LogP contribution in [-0.2, 0) is 9.59 Å². The molecule has 1 aliphatic heterocycles. The number of rotatable bonds is 4. The van der Waals surface area contributed by atoms with Gasteiger partial charge >= 0.3 is 0 Å². The number of benzene rings is 2. The Morgan fingerprint density at radius 3 is 2.35 bits per heavy atom. The third kappa shape index (κ3) is 3.86. The van der Waals surface area contributed by atoms with E-state index >= 15 is 0 Å². The lowest BCUT2D eigenvalue weighted by Crippen LogP contribution is -2.36. The second kappa shape index (κ2) is 7.58. The second-order valence-electron chi connectivity index (χ2n) is 5.99. The molecule has 3 rings (SSSR count). The molecule has 0 aromatic heterocycles. The van der Waals surface area contributed by atoms with Crippen molar-refractivity contribution in [2.24, 2.45) is 0 Å². The monoisotopic (exact) mass is 366 g/mol. The maximum Gasteiger partial charge on any atom is 0.294 e. The molecule has 26 heavy (non-hydrogen) atoms. The summed E-state index contributed by atoms with van der Waals surface area (Å²) in [6.45, 7) is 3.49. The molecular formula is C20H18N2O3S. The van der Waals surface area contributed by atoms with Gasteiger partial charge in [-0.3, -0.25) is 19.3 Å². The standard InChI is InChI=1S/C20H18N2O3S/c1-13-7-6-8-14(2)18(13)21-17(23)12-22-19(24)16(26-20(22)25)11-15-9-4-3-5-10-15/h3-11H,12H2,1-2H3,(H,21,23)/b16-11+. The number of carbonyl (C=O) groups excluding carboxylic acids is 3. The Kier molecular flexibility index (Phi) is 5.23. The fraction of sp³-hybridized carbons (Fsp3) is 0.150. The molecule has 0 unspecified atom stereocenters. The van der Waals surface area contributed by atoms with Gasteiger partial charge in [-0.25, -0.2) is 0 Å². The summed E-state index contributed by atoms with van der Waals surface area (Å²) in [5.41, 5.74) is 3.40. The van der Waals surface area contributed by atoms with E-state index in [1.807, 2.05) is 62.4 Å². The Bertz CT molecular complexity index is 886. The highest BCUT2D eigenvalue weighted by Gasteiger charge is 2.36. The largest absolute Gasteiger partial charge is 0.324 e. The first kappa shape index (κ1) is 17.9. The number of thioether (sulfide) groups is 1. The fourth-order valence-corrected chi connectivity index (χ4v) is 3.51. The van der Waals surface area contributed by atoms with E-state index in [4.69, 9.17) is 0 Å². The molecule has 2 aromatic rings. The number of nitrogens with zero attached hydrogens (tertiary/aromatic N) is 1. The number of carbonyl (C=O) groups is 3. The molecule has 0 saturated carbocycles. The summed E-state index contributed by atoms with van der Waals surface area (Å²) in [4.78, 5) is 38.3. The Morgan fingerprint density at radius 1 is 1.04 bits per heavy atom. The van der Waals surface area contributed by atoms with Crippen LogP contribution in [0.3, 0.4) is 0 Å². The van der Waals surface area contributed by atoms with Crippen molar-refractivity contribution >= 4 is 40.6 Å². The maximum absolute atomic E-state index is 12.5. The number of imide groups is 1. The van der Waals surface area contributed by atoms with E-state index in [0.29, 0.717) is 10.6 Å². The van der Waals surface area contributed by atoms with E-state index < -0.39 is 17.1 Å². The smallest absolute Gasteiger partial charge is 0.294 e. The zero-order chi connectivity index (χ0) is 18.7. The molecule has 0 spiro atoms. The van der Waals surface area contributed by atoms with Crippen molar-refractivity contribution in [2.75, 3.05) is 11.9 Å². The zero-order valence-corrected chi connectivity index (χ0v) is 15.3. The van der Waals surface area contributed by atoms with Crippen LogP contribution < -0.4 is 5.32 Å². The SMILES string of the molecule is Cc1cccc(C)c1NC(=O)CN1C(=O)S/C(=C/c2ccccc2)C1=O. The highest BCUT2D eigenvalue weighted by Crippen LogP contribution is 2.32. The van der Waals surface area contributed by atoms with Crippen molar-refractivity contribution in [3.05, 3.63) is 70.1 Å². The van der Waals surface area contributed by atoms with E-state index in [0.717, 1.165) is 33.4 Å². The van der Waals surface area contributed by atoms with E-state index in [1.54, 1.807) is 6.08 Å². The average Bonchev–Trinajstić information content (AvgIpc) is 2.87. The van der Waals surface area contributed by atoms with Crippen molar-refractivity contribution in [2.45, 2.75) is 13.8 Å². The van der Waals surface area contributed by atoms with Gasteiger partial charge in [-0.2, -0.15) is 0 Å². The molecule has 1 fully saturated rings. The average molecular weight is 366 g/mol. The van der Waals surface area contributed by atoms with Gasteiger partial charge in [-0.1, -0.05) is 48.5 Å². The van der Waals surface area contributed by atoms with E-state index in [1.165, 1.54) is 0 Å². The van der Waals surface area contributed by atoms with Crippen LogP contribution in [0.1, 0.15) is 16.7 Å². The van der Waals surface area contributed by atoms with Crippen molar-refractivity contribution < 1.29 is 14.4 Å². The number of aryl methyl sites for hydroxylation is 2. The summed E-state index contributed by atoms with van der Waals surface area (Å²) in [6.07, 6.45) is 1.66. The van der Waals surface area contributed by atoms with Crippen LogP contribution in [0.2, 0.25) is 0 Å². The van der Waals surface area contributed by atoms with Gasteiger partial charge in [0.2, 0.25) is 5.91 Å². The Morgan fingerprint density at radius 2 is 1.69 bits per heavy atom. The Balaban J connectivity index is 1.72. The molecule has 1 aliphatic rings. The maximum atomic E-state index is 12.5. The molecule has 132 valence electrons. The highest BCUT2D eigenvalue weighted by molar-refractivity contribution is 8.18. The van der Waals surface area contributed by atoms with Crippen LogP contribution >= 0.6 is 11.8 Å². The second-order valence-corrected chi connectivity index (χ2v) is 6.99. The van der Waals surface area contributed by atoms with Gasteiger partial charge in [0.15, 0.2) is 0 Å². The number of amides is 3. The summed E-state index contributed by atoms with van der Waals surface area (Å²) in [5.74, 6) is -0.842. The summed E-state index contributed by atoms with van der Waals surface area (Å²) < 4.78 is 0. The summed E-state index contributed by atoms with van der Waals surface area (Å²) in [5, 5.41) is 2.36. The first-order chi connectivity index (χ1) is 12.5. The number of para-hydroxylation sites is 1. The summed E-state index contributed by atoms with van der Waals surface area (Å²) in [7, 11) is 0. The molecule has 3 amide bonds. The Labute approximate surface area is 156 Å². The molecule has 0 aliphatic carbocycles. The van der Waals surface area contributed by atoms with Crippen molar-refractivity contribution in [1.82, 2.24) is 4.90 Å². The first-order valence-electron chi connectivity index (χ1n) is 8.12. The lowest BCUT2D eigenvalue weighted by atomic mass is 10.1. The topological polar surface area (TPSA) is 66.5 Å². The van der Waals surface area contributed by atoms with Gasteiger partial charge < -0.3 is 5.32 Å². The number of nitrogens with one attached hydrogen (secondary N) is 1. The van der Waals surface area contributed by atoms with E-state index in [9.17, 15) is 14.4 Å². The fourth-order valence-electron chi connectivity index (χ4n) is 2.67. The van der Waals surface area contributed by atoms with Gasteiger partial charge in [0.1, 0.15) is 6.54 Å². The zero-order valence-electron chi connectivity index (χ0n) is 14.5. The summed E-state index contributed by atoms with van der Waals surface area (Å²) >= 11 is 0.850. The lowest BCUT2D eigenvalue weighted by Gasteiger charge is -2.15.